The lowest BCUT2D eigenvalue weighted by atomic mass is 9.90. The number of likely N-dealkylation sites (tertiary alicyclic amines) is 1. The number of carbonyl (C=O) groups is 2. The van der Waals surface area contributed by atoms with Gasteiger partial charge in [-0.05, 0) is 51.7 Å². The normalized spacial score (nSPS) is 17.5. The molecule has 1 unspecified atom stereocenters. The second-order valence-corrected chi connectivity index (χ2v) is 11.6. The molecule has 1 aliphatic heterocycles. The number of amides is 2. The topological polar surface area (TPSA) is 107 Å². The molecule has 0 saturated carbocycles. The van der Waals surface area contributed by atoms with Gasteiger partial charge in [0, 0.05) is 30.7 Å². The summed E-state index contributed by atoms with van der Waals surface area (Å²) in [7, 11) is 1.86. The average Bonchev–Trinajstić information content (AvgIpc) is 3.45. The Kier molecular flexibility index (Phi) is 5.73. The average molecular weight is 504 g/mol. The Bertz CT molecular complexity index is 1530. The molecule has 10 heteroatoms. The van der Waals surface area contributed by atoms with Crippen molar-refractivity contribution in [1.82, 2.24) is 29.0 Å². The van der Waals surface area contributed by atoms with Crippen LogP contribution in [0.4, 0.5) is 10.6 Å². The molecule has 37 heavy (non-hydrogen) atoms. The maximum atomic E-state index is 13.0. The van der Waals surface area contributed by atoms with Gasteiger partial charge in [0.05, 0.1) is 35.3 Å². The third kappa shape index (κ3) is 4.87. The van der Waals surface area contributed by atoms with Gasteiger partial charge in [0.25, 0.3) is 5.91 Å². The van der Waals surface area contributed by atoms with Crippen molar-refractivity contribution in [2.75, 3.05) is 11.9 Å². The smallest absolute Gasteiger partial charge is 0.410 e. The van der Waals surface area contributed by atoms with Gasteiger partial charge in [0.1, 0.15) is 11.4 Å². The van der Waals surface area contributed by atoms with E-state index >= 15 is 0 Å². The predicted octanol–water partition coefficient (Wildman–Crippen LogP) is 4.88. The number of carbonyl (C=O) groups excluding carboxylic acids is 2. The van der Waals surface area contributed by atoms with Gasteiger partial charge in [-0.15, -0.1) is 0 Å². The molecule has 0 spiro atoms. The zero-order valence-corrected chi connectivity index (χ0v) is 22.4. The summed E-state index contributed by atoms with van der Waals surface area (Å²) in [6, 6.07) is 5.31. The first-order valence-corrected chi connectivity index (χ1v) is 12.4. The van der Waals surface area contributed by atoms with Gasteiger partial charge in [-0.2, -0.15) is 5.10 Å². The predicted molar refractivity (Wildman–Crippen MR) is 140 cm³/mol. The molecule has 4 aromatic rings. The Morgan fingerprint density at radius 2 is 1.95 bits per heavy atom. The zero-order valence-electron chi connectivity index (χ0n) is 22.4. The molecule has 1 fully saturated rings. The molecular weight excluding hydrogens is 470 g/mol. The molecular formula is C27H33N7O3. The molecule has 3 aromatic heterocycles. The molecule has 1 N–H and O–H groups in total. The number of nitrogens with one attached hydrogen (secondary N) is 1. The van der Waals surface area contributed by atoms with Gasteiger partial charge in [-0.25, -0.2) is 14.8 Å². The lowest BCUT2D eigenvalue weighted by Gasteiger charge is -2.28. The molecule has 1 aliphatic rings. The molecule has 4 heterocycles. The van der Waals surface area contributed by atoms with E-state index in [1.807, 2.05) is 57.5 Å². The van der Waals surface area contributed by atoms with E-state index < -0.39 is 5.60 Å². The van der Waals surface area contributed by atoms with Crippen LogP contribution >= 0.6 is 0 Å². The number of aromatic nitrogens is 5. The fourth-order valence-electron chi connectivity index (χ4n) is 4.96. The van der Waals surface area contributed by atoms with Crippen molar-refractivity contribution < 1.29 is 14.3 Å². The van der Waals surface area contributed by atoms with Crippen LogP contribution in [0.15, 0.2) is 36.8 Å². The van der Waals surface area contributed by atoms with E-state index in [1.165, 1.54) is 0 Å². The second-order valence-electron chi connectivity index (χ2n) is 11.6. The Balaban J connectivity index is 1.39. The second kappa shape index (κ2) is 8.57. The van der Waals surface area contributed by atoms with E-state index in [0.717, 1.165) is 28.7 Å². The maximum absolute atomic E-state index is 13.0. The first kappa shape index (κ1) is 24.7. The van der Waals surface area contributed by atoms with Crippen molar-refractivity contribution in [1.29, 1.82) is 0 Å². The number of nitrogens with zero attached hydrogens (tertiary/aromatic N) is 6. The SMILES string of the molecule is Cc1nn(C)c2cc(C(=O)Nc3cn4cc(C5CC(C)(C)CN5C(=O)OC(C)(C)C)nc4cn3)ccc12. The quantitative estimate of drug-likeness (QED) is 0.427. The van der Waals surface area contributed by atoms with Crippen molar-refractivity contribution in [2.45, 2.75) is 59.6 Å². The van der Waals surface area contributed by atoms with Crippen LogP contribution in [0.25, 0.3) is 16.6 Å². The number of ether oxygens (including phenoxy) is 1. The van der Waals surface area contributed by atoms with Crippen molar-refractivity contribution in [2.24, 2.45) is 12.5 Å². The van der Waals surface area contributed by atoms with E-state index in [0.29, 0.717) is 23.6 Å². The molecule has 0 radical (unpaired) electrons. The fourth-order valence-corrected chi connectivity index (χ4v) is 4.96. The van der Waals surface area contributed by atoms with Gasteiger partial charge in [0.15, 0.2) is 5.65 Å². The first-order chi connectivity index (χ1) is 17.3. The summed E-state index contributed by atoms with van der Waals surface area (Å²) < 4.78 is 9.26. The van der Waals surface area contributed by atoms with Crippen LogP contribution in [-0.4, -0.2) is 53.2 Å². The van der Waals surface area contributed by atoms with Crippen LogP contribution in [0.1, 0.15) is 68.8 Å². The minimum atomic E-state index is -0.579. The fraction of sp³-hybridized carbons (Fsp3) is 0.444. The minimum Gasteiger partial charge on any atom is -0.444 e. The number of fused-ring (bicyclic) bond motifs is 2. The molecule has 10 nitrogen and oxygen atoms in total. The van der Waals surface area contributed by atoms with Crippen molar-refractivity contribution in [3.8, 4) is 0 Å². The van der Waals surface area contributed by atoms with E-state index in [1.54, 1.807) is 28.0 Å². The number of hydrogen-bond acceptors (Lipinski definition) is 6. The van der Waals surface area contributed by atoms with Crippen LogP contribution in [0.2, 0.25) is 0 Å². The Labute approximate surface area is 215 Å². The Morgan fingerprint density at radius 3 is 2.68 bits per heavy atom. The number of hydrogen-bond donors (Lipinski definition) is 1. The maximum Gasteiger partial charge on any atom is 0.410 e. The number of anilines is 1. The number of rotatable bonds is 3. The van der Waals surface area contributed by atoms with Crippen LogP contribution < -0.4 is 5.32 Å². The van der Waals surface area contributed by atoms with Crippen molar-refractivity contribution in [3.63, 3.8) is 0 Å². The van der Waals surface area contributed by atoms with Crippen LogP contribution in [0.3, 0.4) is 0 Å². The lowest BCUT2D eigenvalue weighted by Crippen LogP contribution is -2.37. The summed E-state index contributed by atoms with van der Waals surface area (Å²) in [4.78, 5) is 36.8. The summed E-state index contributed by atoms with van der Waals surface area (Å²) in [6.45, 7) is 12.4. The summed E-state index contributed by atoms with van der Waals surface area (Å²) in [5.41, 5.74) is 3.08. The van der Waals surface area contributed by atoms with E-state index in [4.69, 9.17) is 9.72 Å². The highest BCUT2D eigenvalue weighted by Crippen LogP contribution is 2.43. The monoisotopic (exact) mass is 503 g/mol. The highest BCUT2D eigenvalue weighted by atomic mass is 16.6. The van der Waals surface area contributed by atoms with E-state index in [9.17, 15) is 9.59 Å². The first-order valence-electron chi connectivity index (χ1n) is 12.4. The summed E-state index contributed by atoms with van der Waals surface area (Å²) in [5.74, 6) is 0.139. The standard InChI is InChI=1S/C27H33N7O3/c1-16-18-9-8-17(10-20(18)32(7)31-16)24(35)30-22-14-33-13-19(29-23(33)12-28-22)21-11-27(5,6)15-34(21)25(36)37-26(2,3)4/h8-10,12-14,21H,11,15H2,1-7H3,(H,30,35). The molecule has 2 amide bonds. The van der Waals surface area contributed by atoms with E-state index in [-0.39, 0.29) is 23.5 Å². The summed E-state index contributed by atoms with van der Waals surface area (Å²) in [5, 5.41) is 8.30. The molecule has 1 saturated heterocycles. The van der Waals surface area contributed by atoms with Gasteiger partial charge < -0.3 is 14.5 Å². The van der Waals surface area contributed by atoms with Crippen LogP contribution in [0, 0.1) is 12.3 Å². The zero-order chi connectivity index (χ0) is 26.7. The minimum absolute atomic E-state index is 0.0672. The van der Waals surface area contributed by atoms with Crippen molar-refractivity contribution >= 4 is 34.4 Å². The van der Waals surface area contributed by atoms with Gasteiger partial charge >= 0.3 is 6.09 Å². The molecule has 5 rings (SSSR count). The van der Waals surface area contributed by atoms with Gasteiger partial charge in [0.2, 0.25) is 0 Å². The van der Waals surface area contributed by atoms with Crippen LogP contribution in [-0.2, 0) is 11.8 Å². The molecule has 0 bridgehead atoms. The number of aryl methyl sites for hydroxylation is 2. The molecule has 194 valence electrons. The molecule has 1 aromatic carbocycles. The third-order valence-electron chi connectivity index (χ3n) is 6.59. The lowest BCUT2D eigenvalue weighted by molar-refractivity contribution is 0.0209. The van der Waals surface area contributed by atoms with Gasteiger partial charge in [-0.1, -0.05) is 19.9 Å². The number of benzene rings is 1. The highest BCUT2D eigenvalue weighted by Gasteiger charge is 2.43. The van der Waals surface area contributed by atoms with E-state index in [2.05, 4.69) is 29.2 Å². The summed E-state index contributed by atoms with van der Waals surface area (Å²) in [6.07, 6.45) is 5.66. The molecule has 0 aliphatic carbocycles. The Hall–Kier alpha value is -3.95. The third-order valence-corrected chi connectivity index (χ3v) is 6.59. The summed E-state index contributed by atoms with van der Waals surface area (Å²) >= 11 is 0. The highest BCUT2D eigenvalue weighted by molar-refractivity contribution is 6.05. The Morgan fingerprint density at radius 1 is 1.19 bits per heavy atom. The largest absolute Gasteiger partial charge is 0.444 e. The molecule has 1 atom stereocenters. The van der Waals surface area contributed by atoms with Crippen LogP contribution in [0.5, 0.6) is 0 Å². The van der Waals surface area contributed by atoms with Gasteiger partial charge in [-0.3, -0.25) is 14.4 Å². The number of imidazole rings is 1. The van der Waals surface area contributed by atoms with Crippen molar-refractivity contribution in [3.05, 3.63) is 53.7 Å².